The van der Waals surface area contributed by atoms with Crippen LogP contribution in [0.25, 0.3) is 0 Å². The fourth-order valence-electron chi connectivity index (χ4n) is 4.31. The lowest BCUT2D eigenvalue weighted by Gasteiger charge is -2.38. The van der Waals surface area contributed by atoms with Crippen LogP contribution in [-0.2, 0) is 11.8 Å². The number of hydrogen-bond acceptors (Lipinski definition) is 4. The largest absolute Gasteiger partial charge is 0.493 e. The molecule has 0 bridgehead atoms. The molecule has 3 rings (SSSR count). The second kappa shape index (κ2) is 12.7. The van der Waals surface area contributed by atoms with Gasteiger partial charge in [-0.15, -0.1) is 24.0 Å². The minimum Gasteiger partial charge on any atom is -0.493 e. The maximum atomic E-state index is 5.57. The molecule has 31 heavy (non-hydrogen) atoms. The molecule has 2 N–H and O–H groups in total. The first-order valence-corrected chi connectivity index (χ1v) is 10.8. The van der Waals surface area contributed by atoms with Crippen LogP contribution in [-0.4, -0.2) is 45.3 Å². The van der Waals surface area contributed by atoms with Crippen LogP contribution in [0.3, 0.4) is 0 Å². The molecule has 1 heterocycles. The van der Waals surface area contributed by atoms with Gasteiger partial charge in [-0.05, 0) is 48.6 Å². The summed E-state index contributed by atoms with van der Waals surface area (Å²) in [6.45, 7) is 1.66. The molecule has 1 aromatic heterocycles. The van der Waals surface area contributed by atoms with Crippen LogP contribution in [0.15, 0.2) is 47.7 Å². The van der Waals surface area contributed by atoms with Gasteiger partial charge in [0.15, 0.2) is 17.5 Å². The average Bonchev–Trinajstić information content (AvgIpc) is 2.82. The number of nitrogens with zero attached hydrogens (tertiary/aromatic N) is 2. The van der Waals surface area contributed by atoms with Crippen molar-refractivity contribution in [2.24, 2.45) is 4.99 Å². The predicted octanol–water partition coefficient (Wildman–Crippen LogP) is 4.33. The molecule has 0 spiro atoms. The van der Waals surface area contributed by atoms with Crippen molar-refractivity contribution in [3.8, 4) is 11.5 Å². The first-order chi connectivity index (χ1) is 14.7. The fraction of sp³-hybridized carbons (Fsp3) is 0.500. The van der Waals surface area contributed by atoms with Crippen LogP contribution >= 0.6 is 24.0 Å². The zero-order valence-corrected chi connectivity index (χ0v) is 21.1. The maximum absolute atomic E-state index is 5.57. The minimum absolute atomic E-state index is 0. The van der Waals surface area contributed by atoms with E-state index in [1.54, 1.807) is 20.4 Å². The Balaban J connectivity index is 0.00000341. The van der Waals surface area contributed by atoms with Crippen LogP contribution in [0.2, 0.25) is 0 Å². The second-order valence-corrected chi connectivity index (χ2v) is 7.87. The van der Waals surface area contributed by atoms with Crippen LogP contribution in [0.5, 0.6) is 11.5 Å². The molecule has 0 unspecified atom stereocenters. The van der Waals surface area contributed by atoms with Crippen LogP contribution < -0.4 is 20.1 Å². The standard InChI is InChI=1S/C24H34N4O2.HI/c1-25-23(27-15-11-19-8-7-14-26-17-19)28-18-24(12-5-4-6-13-24)20-9-10-21(29-2)22(16-20)30-3;/h7-10,14,16-17H,4-6,11-13,15,18H2,1-3H3,(H2,25,27,28);1H. The zero-order valence-electron chi connectivity index (χ0n) is 18.8. The summed E-state index contributed by atoms with van der Waals surface area (Å²) in [5, 5.41) is 7.02. The zero-order chi connectivity index (χ0) is 21.2. The van der Waals surface area contributed by atoms with Gasteiger partial charge >= 0.3 is 0 Å². The molecule has 0 atom stereocenters. The number of nitrogens with one attached hydrogen (secondary N) is 2. The number of aromatic nitrogens is 1. The van der Waals surface area contributed by atoms with Gasteiger partial charge in [0.2, 0.25) is 0 Å². The predicted molar refractivity (Wildman–Crippen MR) is 137 cm³/mol. The molecule has 0 amide bonds. The molecule has 1 aliphatic carbocycles. The van der Waals surface area contributed by atoms with Crippen molar-refractivity contribution in [3.05, 3.63) is 53.9 Å². The summed E-state index contributed by atoms with van der Waals surface area (Å²) >= 11 is 0. The van der Waals surface area contributed by atoms with Crippen molar-refractivity contribution in [2.45, 2.75) is 43.9 Å². The number of pyridine rings is 1. The smallest absolute Gasteiger partial charge is 0.191 e. The highest BCUT2D eigenvalue weighted by molar-refractivity contribution is 14.0. The fourth-order valence-corrected chi connectivity index (χ4v) is 4.31. The Morgan fingerprint density at radius 1 is 1.06 bits per heavy atom. The molecule has 1 fully saturated rings. The number of methoxy groups -OCH3 is 2. The number of benzene rings is 1. The van der Waals surface area contributed by atoms with Crippen LogP contribution in [0, 0.1) is 0 Å². The van der Waals surface area contributed by atoms with Crippen molar-refractivity contribution in [3.63, 3.8) is 0 Å². The van der Waals surface area contributed by atoms with E-state index in [1.807, 2.05) is 25.4 Å². The summed E-state index contributed by atoms with van der Waals surface area (Å²) in [4.78, 5) is 8.60. The third-order valence-electron chi connectivity index (χ3n) is 6.05. The lowest BCUT2D eigenvalue weighted by Crippen LogP contribution is -2.47. The molecule has 0 radical (unpaired) electrons. The van der Waals surface area contributed by atoms with E-state index in [0.717, 1.165) is 49.8 Å². The van der Waals surface area contributed by atoms with Gasteiger partial charge < -0.3 is 20.1 Å². The first-order valence-electron chi connectivity index (χ1n) is 10.8. The third-order valence-corrected chi connectivity index (χ3v) is 6.05. The number of aliphatic imine (C=N–C) groups is 1. The van der Waals surface area contributed by atoms with Crippen molar-refractivity contribution in [1.29, 1.82) is 0 Å². The van der Waals surface area contributed by atoms with Gasteiger partial charge in [-0.1, -0.05) is 31.4 Å². The average molecular weight is 538 g/mol. The van der Waals surface area contributed by atoms with Crippen molar-refractivity contribution in [2.75, 3.05) is 34.4 Å². The molecule has 6 nitrogen and oxygen atoms in total. The highest BCUT2D eigenvalue weighted by Crippen LogP contribution is 2.42. The van der Waals surface area contributed by atoms with E-state index < -0.39 is 0 Å². The van der Waals surface area contributed by atoms with Gasteiger partial charge in [0, 0.05) is 37.9 Å². The van der Waals surface area contributed by atoms with Crippen LogP contribution in [0.4, 0.5) is 0 Å². The highest BCUT2D eigenvalue weighted by Gasteiger charge is 2.34. The second-order valence-electron chi connectivity index (χ2n) is 7.87. The summed E-state index contributed by atoms with van der Waals surface area (Å²) in [5.74, 6) is 2.40. The Hall–Kier alpha value is -2.03. The normalized spacial score (nSPS) is 15.5. The van der Waals surface area contributed by atoms with Gasteiger partial charge in [-0.3, -0.25) is 9.98 Å². The molecular weight excluding hydrogens is 503 g/mol. The van der Waals surface area contributed by atoms with E-state index in [4.69, 9.17) is 9.47 Å². The lowest BCUT2D eigenvalue weighted by atomic mass is 9.69. The molecular formula is C24H35IN4O2. The number of ether oxygens (including phenoxy) is 2. The molecule has 1 saturated carbocycles. The minimum atomic E-state index is 0. The highest BCUT2D eigenvalue weighted by atomic mass is 127. The monoisotopic (exact) mass is 538 g/mol. The molecule has 1 aromatic carbocycles. The Bertz CT molecular complexity index is 824. The number of hydrogen-bond donors (Lipinski definition) is 2. The Morgan fingerprint density at radius 2 is 1.84 bits per heavy atom. The quantitative estimate of drug-likeness (QED) is 0.298. The van der Waals surface area contributed by atoms with Crippen molar-refractivity contribution >= 4 is 29.9 Å². The third kappa shape index (κ3) is 6.72. The van der Waals surface area contributed by atoms with Gasteiger partial charge in [0.25, 0.3) is 0 Å². The summed E-state index contributed by atoms with van der Waals surface area (Å²) in [5.41, 5.74) is 2.59. The summed E-state index contributed by atoms with van der Waals surface area (Å²) in [6.07, 6.45) is 10.7. The SMILES string of the molecule is CN=C(NCCc1cccnc1)NCC1(c2ccc(OC)c(OC)c2)CCCCC1.I. The van der Waals surface area contributed by atoms with E-state index in [9.17, 15) is 0 Å². The summed E-state index contributed by atoms with van der Waals surface area (Å²) < 4.78 is 11.0. The molecule has 7 heteroatoms. The van der Waals surface area contributed by atoms with E-state index in [0.29, 0.717) is 0 Å². The first kappa shape index (κ1) is 25.2. The molecule has 2 aromatic rings. The number of guanidine groups is 1. The van der Waals surface area contributed by atoms with Gasteiger partial charge in [0.1, 0.15) is 0 Å². The molecule has 1 aliphatic rings. The number of halogens is 1. The van der Waals surface area contributed by atoms with Gasteiger partial charge in [-0.25, -0.2) is 0 Å². The molecule has 170 valence electrons. The maximum Gasteiger partial charge on any atom is 0.191 e. The van der Waals surface area contributed by atoms with E-state index in [2.05, 4.69) is 38.8 Å². The van der Waals surface area contributed by atoms with E-state index in [-0.39, 0.29) is 29.4 Å². The summed E-state index contributed by atoms with van der Waals surface area (Å²) in [7, 11) is 5.20. The Labute approximate surface area is 203 Å². The summed E-state index contributed by atoms with van der Waals surface area (Å²) in [6, 6.07) is 10.4. The van der Waals surface area contributed by atoms with Gasteiger partial charge in [0.05, 0.1) is 14.2 Å². The van der Waals surface area contributed by atoms with E-state index in [1.165, 1.54) is 30.4 Å². The lowest BCUT2D eigenvalue weighted by molar-refractivity contribution is 0.288. The number of rotatable bonds is 8. The Kier molecular flexibility index (Phi) is 10.4. The molecule has 0 saturated heterocycles. The van der Waals surface area contributed by atoms with E-state index >= 15 is 0 Å². The van der Waals surface area contributed by atoms with Crippen molar-refractivity contribution < 1.29 is 9.47 Å². The van der Waals surface area contributed by atoms with Crippen molar-refractivity contribution in [1.82, 2.24) is 15.6 Å². The molecule has 0 aliphatic heterocycles. The Morgan fingerprint density at radius 3 is 2.48 bits per heavy atom. The van der Waals surface area contributed by atoms with Gasteiger partial charge in [-0.2, -0.15) is 0 Å². The topological polar surface area (TPSA) is 67.8 Å². The van der Waals surface area contributed by atoms with Crippen LogP contribution in [0.1, 0.15) is 43.2 Å².